The highest BCUT2D eigenvalue weighted by Crippen LogP contribution is 2.20. The molecule has 1 atom stereocenters. The number of carbonyl (C=O) groups excluding carboxylic acids is 1. The maximum absolute atomic E-state index is 13.3. The van der Waals surface area contributed by atoms with Gasteiger partial charge in [-0.1, -0.05) is 32.0 Å². The number of nitrogens with zero attached hydrogens (tertiary/aromatic N) is 2. The number of aromatic nitrogens is 2. The van der Waals surface area contributed by atoms with Crippen LogP contribution in [0.4, 0.5) is 10.1 Å². The monoisotopic (exact) mass is 339 g/mol. The van der Waals surface area contributed by atoms with Gasteiger partial charge in [0.05, 0.1) is 17.2 Å². The standard InChI is InChI=1S/C19H18FN3O2/c1-12(2)17(18(24)22-14-7-5-6-13(20)10-14)23-11-21-16-9-4-3-8-15(16)19(23)25/h3-12,17H,1-2H3,(H,22,24). The Morgan fingerprint density at radius 3 is 2.64 bits per heavy atom. The smallest absolute Gasteiger partial charge is 0.261 e. The van der Waals surface area contributed by atoms with Crippen molar-refractivity contribution in [2.45, 2.75) is 19.9 Å². The summed E-state index contributed by atoms with van der Waals surface area (Å²) < 4.78 is 14.7. The molecule has 0 bridgehead atoms. The maximum Gasteiger partial charge on any atom is 0.261 e. The van der Waals surface area contributed by atoms with E-state index in [-0.39, 0.29) is 17.4 Å². The third-order valence-electron chi connectivity index (χ3n) is 3.98. The summed E-state index contributed by atoms with van der Waals surface area (Å²) in [5.74, 6) is -0.988. The first kappa shape index (κ1) is 16.8. The van der Waals surface area contributed by atoms with Gasteiger partial charge in [0.2, 0.25) is 5.91 Å². The predicted octanol–water partition coefficient (Wildman–Crippen LogP) is 3.37. The fraction of sp³-hybridized carbons (Fsp3) is 0.211. The van der Waals surface area contributed by atoms with Gasteiger partial charge in [-0.05, 0) is 36.2 Å². The minimum Gasteiger partial charge on any atom is -0.324 e. The molecular weight excluding hydrogens is 321 g/mol. The van der Waals surface area contributed by atoms with Gasteiger partial charge >= 0.3 is 0 Å². The molecule has 3 rings (SSSR count). The first-order valence-corrected chi connectivity index (χ1v) is 7.99. The summed E-state index contributed by atoms with van der Waals surface area (Å²) in [5, 5.41) is 3.12. The molecule has 1 aromatic heterocycles. The van der Waals surface area contributed by atoms with Gasteiger partial charge < -0.3 is 5.32 Å². The predicted molar refractivity (Wildman–Crippen MR) is 94.9 cm³/mol. The molecule has 0 aliphatic rings. The summed E-state index contributed by atoms with van der Waals surface area (Å²) in [5.41, 5.74) is 0.646. The zero-order valence-corrected chi connectivity index (χ0v) is 13.9. The fourth-order valence-electron chi connectivity index (χ4n) is 2.81. The normalized spacial score (nSPS) is 12.3. The van der Waals surface area contributed by atoms with E-state index in [4.69, 9.17) is 0 Å². The number of fused-ring (bicyclic) bond motifs is 1. The van der Waals surface area contributed by atoms with Crippen molar-refractivity contribution in [3.63, 3.8) is 0 Å². The first-order valence-electron chi connectivity index (χ1n) is 7.99. The molecule has 0 saturated carbocycles. The number of halogens is 1. The van der Waals surface area contributed by atoms with Gasteiger partial charge in [-0.15, -0.1) is 0 Å². The van der Waals surface area contributed by atoms with Crippen molar-refractivity contribution in [3.05, 3.63) is 71.0 Å². The molecule has 0 saturated heterocycles. The summed E-state index contributed by atoms with van der Waals surface area (Å²) in [4.78, 5) is 29.8. The number of anilines is 1. The average Bonchev–Trinajstić information content (AvgIpc) is 2.57. The van der Waals surface area contributed by atoms with Crippen LogP contribution in [0.2, 0.25) is 0 Å². The second-order valence-electron chi connectivity index (χ2n) is 6.16. The lowest BCUT2D eigenvalue weighted by molar-refractivity contribution is -0.120. The van der Waals surface area contributed by atoms with Crippen molar-refractivity contribution in [2.24, 2.45) is 5.92 Å². The van der Waals surface area contributed by atoms with Crippen LogP contribution < -0.4 is 10.9 Å². The molecule has 3 aromatic rings. The second-order valence-corrected chi connectivity index (χ2v) is 6.16. The zero-order valence-electron chi connectivity index (χ0n) is 13.9. The molecule has 0 aliphatic carbocycles. The van der Waals surface area contributed by atoms with Crippen LogP contribution in [-0.4, -0.2) is 15.5 Å². The Kier molecular flexibility index (Phi) is 4.61. The van der Waals surface area contributed by atoms with Crippen molar-refractivity contribution in [3.8, 4) is 0 Å². The zero-order chi connectivity index (χ0) is 18.0. The molecule has 5 nitrogen and oxygen atoms in total. The van der Waals surface area contributed by atoms with Crippen molar-refractivity contribution in [1.82, 2.24) is 9.55 Å². The van der Waals surface area contributed by atoms with Gasteiger partial charge in [0.1, 0.15) is 11.9 Å². The Hall–Kier alpha value is -3.02. The van der Waals surface area contributed by atoms with Gasteiger partial charge in [-0.2, -0.15) is 0 Å². The number of hydrogen-bond donors (Lipinski definition) is 1. The fourth-order valence-corrected chi connectivity index (χ4v) is 2.81. The average molecular weight is 339 g/mol. The van der Waals surface area contributed by atoms with E-state index in [1.807, 2.05) is 13.8 Å². The summed E-state index contributed by atoms with van der Waals surface area (Å²) in [7, 11) is 0. The summed E-state index contributed by atoms with van der Waals surface area (Å²) in [6.45, 7) is 3.69. The maximum atomic E-state index is 13.3. The molecule has 0 fully saturated rings. The highest BCUT2D eigenvalue weighted by atomic mass is 19.1. The Morgan fingerprint density at radius 2 is 1.92 bits per heavy atom. The van der Waals surface area contributed by atoms with E-state index in [1.54, 1.807) is 30.3 Å². The van der Waals surface area contributed by atoms with Crippen molar-refractivity contribution in [2.75, 3.05) is 5.32 Å². The quantitative estimate of drug-likeness (QED) is 0.792. The van der Waals surface area contributed by atoms with E-state index < -0.39 is 11.9 Å². The van der Waals surface area contributed by atoms with Gasteiger partial charge in [-0.3, -0.25) is 14.2 Å². The largest absolute Gasteiger partial charge is 0.324 e. The Morgan fingerprint density at radius 1 is 1.16 bits per heavy atom. The first-order chi connectivity index (χ1) is 12.0. The van der Waals surface area contributed by atoms with E-state index in [9.17, 15) is 14.0 Å². The van der Waals surface area contributed by atoms with Crippen LogP contribution in [0.25, 0.3) is 10.9 Å². The van der Waals surface area contributed by atoms with Gasteiger partial charge in [-0.25, -0.2) is 9.37 Å². The summed E-state index contributed by atoms with van der Waals surface area (Å²) >= 11 is 0. The van der Waals surface area contributed by atoms with E-state index in [2.05, 4.69) is 10.3 Å². The van der Waals surface area contributed by atoms with Crippen molar-refractivity contribution >= 4 is 22.5 Å². The minimum atomic E-state index is -0.757. The Bertz CT molecular complexity index is 982. The number of amides is 1. The van der Waals surface area contributed by atoms with Gasteiger partial charge in [0.25, 0.3) is 5.56 Å². The highest BCUT2D eigenvalue weighted by Gasteiger charge is 2.26. The molecule has 1 heterocycles. The lowest BCUT2D eigenvalue weighted by Gasteiger charge is -2.22. The van der Waals surface area contributed by atoms with E-state index in [0.29, 0.717) is 16.6 Å². The SMILES string of the molecule is CC(C)C(C(=O)Nc1cccc(F)c1)n1cnc2ccccc2c1=O. The van der Waals surface area contributed by atoms with Crippen LogP contribution in [0.15, 0.2) is 59.7 Å². The molecule has 128 valence electrons. The summed E-state index contributed by atoms with van der Waals surface area (Å²) in [6, 6.07) is 11.9. The van der Waals surface area contributed by atoms with Crippen LogP contribution >= 0.6 is 0 Å². The van der Waals surface area contributed by atoms with Crippen molar-refractivity contribution in [1.29, 1.82) is 0 Å². The minimum absolute atomic E-state index is 0.158. The van der Waals surface area contributed by atoms with Gasteiger partial charge in [0.15, 0.2) is 0 Å². The van der Waals surface area contributed by atoms with Crippen LogP contribution in [0, 0.1) is 11.7 Å². The van der Waals surface area contributed by atoms with Crippen LogP contribution in [0.3, 0.4) is 0 Å². The van der Waals surface area contributed by atoms with Crippen LogP contribution in [0.1, 0.15) is 19.9 Å². The Labute approximate surface area is 144 Å². The van der Waals surface area contributed by atoms with E-state index >= 15 is 0 Å². The highest BCUT2D eigenvalue weighted by molar-refractivity contribution is 5.94. The molecular formula is C19H18FN3O2. The number of benzene rings is 2. The molecule has 6 heteroatoms. The third kappa shape index (κ3) is 3.42. The second kappa shape index (κ2) is 6.84. The van der Waals surface area contributed by atoms with E-state index in [0.717, 1.165) is 0 Å². The third-order valence-corrected chi connectivity index (χ3v) is 3.98. The van der Waals surface area contributed by atoms with Gasteiger partial charge in [0, 0.05) is 5.69 Å². The number of para-hydroxylation sites is 1. The lowest BCUT2D eigenvalue weighted by Crippen LogP contribution is -2.36. The molecule has 25 heavy (non-hydrogen) atoms. The molecule has 1 amide bonds. The molecule has 0 spiro atoms. The molecule has 1 N–H and O–H groups in total. The van der Waals surface area contributed by atoms with Crippen LogP contribution in [-0.2, 0) is 4.79 Å². The van der Waals surface area contributed by atoms with E-state index in [1.165, 1.54) is 29.1 Å². The molecule has 0 radical (unpaired) electrons. The number of nitrogens with one attached hydrogen (secondary N) is 1. The Balaban J connectivity index is 2.00. The topological polar surface area (TPSA) is 64.0 Å². The van der Waals surface area contributed by atoms with Crippen molar-refractivity contribution < 1.29 is 9.18 Å². The molecule has 2 aromatic carbocycles. The summed E-state index contributed by atoms with van der Waals surface area (Å²) in [6.07, 6.45) is 1.39. The number of rotatable bonds is 4. The molecule has 0 aliphatic heterocycles. The lowest BCUT2D eigenvalue weighted by atomic mass is 10.0. The number of carbonyl (C=O) groups is 1. The number of hydrogen-bond acceptors (Lipinski definition) is 3. The molecule has 1 unspecified atom stereocenters. The van der Waals surface area contributed by atoms with Crippen LogP contribution in [0.5, 0.6) is 0 Å².